The third kappa shape index (κ3) is 5.42. The number of ether oxygens (including phenoxy) is 1. The number of hydrogen-bond acceptors (Lipinski definition) is 2. The molecule has 96 valence electrons. The summed E-state index contributed by atoms with van der Waals surface area (Å²) in [5.41, 5.74) is 1.18. The Bertz CT molecular complexity index is 350. The maximum Gasteiger partial charge on any atom is 0.137 e. The van der Waals surface area contributed by atoms with E-state index in [4.69, 9.17) is 16.3 Å². The molecule has 0 amide bonds. The number of benzene rings is 1. The van der Waals surface area contributed by atoms with Gasteiger partial charge in [0.05, 0.1) is 11.6 Å². The molecule has 0 spiro atoms. The minimum Gasteiger partial charge on any atom is -0.492 e. The van der Waals surface area contributed by atoms with E-state index >= 15 is 0 Å². The van der Waals surface area contributed by atoms with Crippen LogP contribution in [-0.2, 0) is 6.54 Å². The summed E-state index contributed by atoms with van der Waals surface area (Å²) in [6.07, 6.45) is 0. The molecule has 0 atom stereocenters. The van der Waals surface area contributed by atoms with Crippen molar-refractivity contribution in [3.8, 4) is 5.75 Å². The van der Waals surface area contributed by atoms with E-state index in [9.17, 15) is 0 Å². The summed E-state index contributed by atoms with van der Waals surface area (Å²) >= 11 is 6.18. The molecule has 0 aliphatic heterocycles. The second-order valence-electron chi connectivity index (χ2n) is 5.01. The van der Waals surface area contributed by atoms with E-state index in [1.807, 2.05) is 12.1 Å². The van der Waals surface area contributed by atoms with Crippen molar-refractivity contribution in [2.45, 2.75) is 40.3 Å². The Labute approximate surface area is 109 Å². The molecule has 1 rings (SSSR count). The number of rotatable bonds is 6. The lowest BCUT2D eigenvalue weighted by atomic mass is 10.2. The number of halogens is 1. The first-order valence-electron chi connectivity index (χ1n) is 6.13. The third-order valence-electron chi connectivity index (χ3n) is 2.28. The molecule has 1 N–H and O–H groups in total. The minimum absolute atomic E-state index is 0.477. The highest BCUT2D eigenvalue weighted by Gasteiger charge is 2.04. The molecule has 1 aromatic rings. The van der Waals surface area contributed by atoms with Gasteiger partial charge in [0.1, 0.15) is 5.75 Å². The zero-order valence-corrected chi connectivity index (χ0v) is 11.8. The van der Waals surface area contributed by atoms with Gasteiger partial charge in [0.2, 0.25) is 0 Å². The van der Waals surface area contributed by atoms with Gasteiger partial charge in [-0.1, -0.05) is 45.4 Å². The van der Waals surface area contributed by atoms with Crippen molar-refractivity contribution in [3.63, 3.8) is 0 Å². The van der Waals surface area contributed by atoms with E-state index in [0.29, 0.717) is 23.6 Å². The SMILES string of the molecule is CC(C)COc1ccc(CNC(C)C)cc1Cl. The number of nitrogens with one attached hydrogen (secondary N) is 1. The molecule has 0 saturated carbocycles. The van der Waals surface area contributed by atoms with E-state index in [2.05, 4.69) is 39.1 Å². The highest BCUT2D eigenvalue weighted by Crippen LogP contribution is 2.25. The van der Waals surface area contributed by atoms with Gasteiger partial charge in [0.15, 0.2) is 0 Å². The van der Waals surface area contributed by atoms with Crippen LogP contribution in [-0.4, -0.2) is 12.6 Å². The Morgan fingerprint density at radius 1 is 1.24 bits per heavy atom. The highest BCUT2D eigenvalue weighted by atomic mass is 35.5. The lowest BCUT2D eigenvalue weighted by Gasteiger charge is -2.12. The molecular weight excluding hydrogens is 234 g/mol. The van der Waals surface area contributed by atoms with E-state index in [1.165, 1.54) is 5.56 Å². The van der Waals surface area contributed by atoms with Crippen molar-refractivity contribution in [1.29, 1.82) is 0 Å². The largest absolute Gasteiger partial charge is 0.492 e. The van der Waals surface area contributed by atoms with Crippen LogP contribution in [0.3, 0.4) is 0 Å². The van der Waals surface area contributed by atoms with Gasteiger partial charge in [0.25, 0.3) is 0 Å². The maximum absolute atomic E-state index is 6.18. The Balaban J connectivity index is 2.59. The predicted molar refractivity (Wildman–Crippen MR) is 73.8 cm³/mol. The Kier molecular flexibility index (Phi) is 5.79. The Morgan fingerprint density at radius 2 is 1.94 bits per heavy atom. The van der Waals surface area contributed by atoms with Crippen molar-refractivity contribution in [1.82, 2.24) is 5.32 Å². The Hall–Kier alpha value is -0.730. The van der Waals surface area contributed by atoms with Crippen molar-refractivity contribution in [2.24, 2.45) is 5.92 Å². The van der Waals surface area contributed by atoms with Crippen LogP contribution >= 0.6 is 11.6 Å². The average molecular weight is 256 g/mol. The van der Waals surface area contributed by atoms with Crippen LogP contribution in [0.25, 0.3) is 0 Å². The molecule has 0 bridgehead atoms. The molecule has 0 aliphatic carbocycles. The molecule has 17 heavy (non-hydrogen) atoms. The van der Waals surface area contributed by atoms with Gasteiger partial charge in [-0.2, -0.15) is 0 Å². The normalized spacial score (nSPS) is 11.2. The predicted octanol–water partition coefficient (Wildman–Crippen LogP) is 3.87. The molecule has 0 fully saturated rings. The van der Waals surface area contributed by atoms with Crippen LogP contribution in [0.5, 0.6) is 5.75 Å². The molecule has 2 nitrogen and oxygen atoms in total. The summed E-state index contributed by atoms with van der Waals surface area (Å²) in [5.74, 6) is 1.28. The number of hydrogen-bond donors (Lipinski definition) is 1. The molecular formula is C14H22ClNO. The van der Waals surface area contributed by atoms with E-state index < -0.39 is 0 Å². The van der Waals surface area contributed by atoms with Gasteiger partial charge >= 0.3 is 0 Å². The smallest absolute Gasteiger partial charge is 0.137 e. The topological polar surface area (TPSA) is 21.3 Å². The van der Waals surface area contributed by atoms with Crippen LogP contribution < -0.4 is 10.1 Å². The van der Waals surface area contributed by atoms with Gasteiger partial charge in [-0.05, 0) is 23.6 Å². The summed E-state index contributed by atoms with van der Waals surface area (Å²) in [4.78, 5) is 0. The van der Waals surface area contributed by atoms with Crippen LogP contribution in [0.1, 0.15) is 33.3 Å². The van der Waals surface area contributed by atoms with Crippen LogP contribution in [0.15, 0.2) is 18.2 Å². The fourth-order valence-corrected chi connectivity index (χ4v) is 1.61. The molecule has 0 saturated heterocycles. The second kappa shape index (κ2) is 6.87. The summed E-state index contributed by atoms with van der Waals surface area (Å²) in [6.45, 7) is 10.0. The third-order valence-corrected chi connectivity index (χ3v) is 2.58. The molecule has 0 heterocycles. The summed E-state index contributed by atoms with van der Waals surface area (Å²) in [7, 11) is 0. The summed E-state index contributed by atoms with van der Waals surface area (Å²) in [6, 6.07) is 6.44. The van der Waals surface area contributed by atoms with Gasteiger partial charge < -0.3 is 10.1 Å². The van der Waals surface area contributed by atoms with Gasteiger partial charge in [-0.3, -0.25) is 0 Å². The van der Waals surface area contributed by atoms with Gasteiger partial charge in [-0.25, -0.2) is 0 Å². The van der Waals surface area contributed by atoms with E-state index in [0.717, 1.165) is 12.3 Å². The highest BCUT2D eigenvalue weighted by molar-refractivity contribution is 6.32. The average Bonchev–Trinajstić information content (AvgIpc) is 2.24. The zero-order chi connectivity index (χ0) is 12.8. The first kappa shape index (κ1) is 14.3. The maximum atomic E-state index is 6.18. The van der Waals surface area contributed by atoms with E-state index in [1.54, 1.807) is 0 Å². The molecule has 1 aromatic carbocycles. The second-order valence-corrected chi connectivity index (χ2v) is 5.41. The Morgan fingerprint density at radius 3 is 2.47 bits per heavy atom. The minimum atomic E-state index is 0.477. The summed E-state index contributed by atoms with van der Waals surface area (Å²) < 4.78 is 5.63. The summed E-state index contributed by atoms with van der Waals surface area (Å²) in [5, 5.41) is 4.05. The van der Waals surface area contributed by atoms with Crippen molar-refractivity contribution in [2.75, 3.05) is 6.61 Å². The van der Waals surface area contributed by atoms with Crippen molar-refractivity contribution in [3.05, 3.63) is 28.8 Å². The van der Waals surface area contributed by atoms with Crippen molar-refractivity contribution >= 4 is 11.6 Å². The molecule has 0 aromatic heterocycles. The van der Waals surface area contributed by atoms with E-state index in [-0.39, 0.29) is 0 Å². The molecule has 0 unspecified atom stereocenters. The lowest BCUT2D eigenvalue weighted by Crippen LogP contribution is -2.21. The fourth-order valence-electron chi connectivity index (χ4n) is 1.35. The monoisotopic (exact) mass is 255 g/mol. The van der Waals surface area contributed by atoms with Crippen LogP contribution in [0, 0.1) is 5.92 Å². The quantitative estimate of drug-likeness (QED) is 0.833. The molecule has 0 radical (unpaired) electrons. The van der Waals surface area contributed by atoms with Crippen LogP contribution in [0.2, 0.25) is 5.02 Å². The first-order chi connectivity index (χ1) is 7.99. The van der Waals surface area contributed by atoms with Gasteiger partial charge in [0, 0.05) is 12.6 Å². The first-order valence-corrected chi connectivity index (χ1v) is 6.51. The molecule has 3 heteroatoms. The molecule has 0 aliphatic rings. The lowest BCUT2D eigenvalue weighted by molar-refractivity contribution is 0.271. The van der Waals surface area contributed by atoms with Crippen LogP contribution in [0.4, 0.5) is 0 Å². The van der Waals surface area contributed by atoms with Crippen molar-refractivity contribution < 1.29 is 4.74 Å². The fraction of sp³-hybridized carbons (Fsp3) is 0.571. The zero-order valence-electron chi connectivity index (χ0n) is 11.1. The standard InChI is InChI=1S/C14H22ClNO/c1-10(2)9-17-14-6-5-12(7-13(14)15)8-16-11(3)4/h5-7,10-11,16H,8-9H2,1-4H3. The van der Waals surface area contributed by atoms with Gasteiger partial charge in [-0.15, -0.1) is 0 Å².